The molecule has 0 aliphatic carbocycles. The molecule has 0 spiro atoms. The van der Waals surface area contributed by atoms with E-state index in [9.17, 15) is 14.4 Å². The first-order valence-electron chi connectivity index (χ1n) is 6.94. The third-order valence-corrected chi connectivity index (χ3v) is 2.54. The van der Waals surface area contributed by atoms with Gasteiger partial charge in [0, 0.05) is 12.1 Å². The number of carbonyl (C=O) groups excluding carboxylic acids is 2. The van der Waals surface area contributed by atoms with Crippen LogP contribution in [-0.2, 0) is 19.1 Å². The van der Waals surface area contributed by atoms with Gasteiger partial charge in [-0.05, 0) is 24.3 Å². The predicted octanol–water partition coefficient (Wildman–Crippen LogP) is 0.112. The van der Waals surface area contributed by atoms with Crippen LogP contribution in [0.5, 0.6) is 5.75 Å². The van der Waals surface area contributed by atoms with Crippen LogP contribution in [0.4, 0.5) is 0 Å². The first-order chi connectivity index (χ1) is 11.1. The van der Waals surface area contributed by atoms with Gasteiger partial charge in [-0.25, -0.2) is 4.79 Å². The van der Waals surface area contributed by atoms with Crippen molar-refractivity contribution in [1.29, 1.82) is 0 Å². The standard InChI is InChI=1S/C15H19NO7/c17-9-12-1-3-13(4-2-12)23-8-7-21-6-5-16-14(18)10-22-11-15(19)20/h1-4,9H,5-8,10-11H2,(H,16,18)(H,19,20). The fourth-order valence-corrected chi connectivity index (χ4v) is 1.51. The fourth-order valence-electron chi connectivity index (χ4n) is 1.51. The molecule has 0 aliphatic rings. The van der Waals surface area contributed by atoms with Crippen molar-refractivity contribution < 1.29 is 33.7 Å². The Kier molecular flexibility index (Phi) is 9.03. The summed E-state index contributed by atoms with van der Waals surface area (Å²) in [4.78, 5) is 31.9. The maximum atomic E-state index is 11.2. The van der Waals surface area contributed by atoms with Crippen LogP contribution in [0, 0.1) is 0 Å². The molecule has 126 valence electrons. The number of carboxylic acid groups (broad SMARTS) is 1. The van der Waals surface area contributed by atoms with Crippen LogP contribution in [0.2, 0.25) is 0 Å². The summed E-state index contributed by atoms with van der Waals surface area (Å²) >= 11 is 0. The third kappa shape index (κ3) is 9.22. The van der Waals surface area contributed by atoms with E-state index in [1.54, 1.807) is 24.3 Å². The van der Waals surface area contributed by atoms with Gasteiger partial charge in [0.05, 0.1) is 13.2 Å². The van der Waals surface area contributed by atoms with Gasteiger partial charge in [-0.15, -0.1) is 0 Å². The second kappa shape index (κ2) is 11.2. The van der Waals surface area contributed by atoms with Gasteiger partial charge in [-0.3, -0.25) is 9.59 Å². The molecule has 8 heteroatoms. The Morgan fingerprint density at radius 2 is 1.78 bits per heavy atom. The lowest BCUT2D eigenvalue weighted by Crippen LogP contribution is -2.31. The highest BCUT2D eigenvalue weighted by Crippen LogP contribution is 2.10. The van der Waals surface area contributed by atoms with Crippen LogP contribution in [0.15, 0.2) is 24.3 Å². The summed E-state index contributed by atoms with van der Waals surface area (Å²) in [5.74, 6) is -0.883. The Hall–Kier alpha value is -2.45. The van der Waals surface area contributed by atoms with Crippen LogP contribution in [0.1, 0.15) is 10.4 Å². The first-order valence-corrected chi connectivity index (χ1v) is 6.94. The van der Waals surface area contributed by atoms with E-state index >= 15 is 0 Å². The van der Waals surface area contributed by atoms with Crippen molar-refractivity contribution in [3.8, 4) is 5.75 Å². The van der Waals surface area contributed by atoms with Crippen molar-refractivity contribution in [3.05, 3.63) is 29.8 Å². The number of aliphatic carboxylic acids is 1. The fraction of sp³-hybridized carbons (Fsp3) is 0.400. The zero-order valence-electron chi connectivity index (χ0n) is 12.5. The van der Waals surface area contributed by atoms with Gasteiger partial charge in [0.1, 0.15) is 31.9 Å². The lowest BCUT2D eigenvalue weighted by atomic mass is 10.2. The van der Waals surface area contributed by atoms with Crippen molar-refractivity contribution in [2.24, 2.45) is 0 Å². The minimum absolute atomic E-state index is 0.295. The van der Waals surface area contributed by atoms with E-state index in [4.69, 9.17) is 14.6 Å². The number of nitrogens with one attached hydrogen (secondary N) is 1. The summed E-state index contributed by atoms with van der Waals surface area (Å²) in [7, 11) is 0. The average molecular weight is 325 g/mol. The van der Waals surface area contributed by atoms with Crippen molar-refractivity contribution in [1.82, 2.24) is 5.32 Å². The quantitative estimate of drug-likeness (QED) is 0.414. The second-order valence-electron chi connectivity index (χ2n) is 4.38. The molecule has 0 radical (unpaired) electrons. The van der Waals surface area contributed by atoms with Gasteiger partial charge < -0.3 is 24.6 Å². The number of carboxylic acids is 1. The van der Waals surface area contributed by atoms with E-state index in [1.807, 2.05) is 0 Å². The van der Waals surface area contributed by atoms with Gasteiger partial charge >= 0.3 is 5.97 Å². The van der Waals surface area contributed by atoms with E-state index < -0.39 is 18.5 Å². The number of hydrogen-bond acceptors (Lipinski definition) is 6. The van der Waals surface area contributed by atoms with Gasteiger partial charge in [-0.2, -0.15) is 0 Å². The molecule has 1 rings (SSSR count). The number of aldehydes is 1. The van der Waals surface area contributed by atoms with Crippen LogP contribution in [0.25, 0.3) is 0 Å². The summed E-state index contributed by atoms with van der Waals surface area (Å²) in [5.41, 5.74) is 0.580. The van der Waals surface area contributed by atoms with Crippen molar-refractivity contribution in [2.45, 2.75) is 0 Å². The van der Waals surface area contributed by atoms with Crippen molar-refractivity contribution in [3.63, 3.8) is 0 Å². The lowest BCUT2D eigenvalue weighted by Gasteiger charge is -2.08. The molecule has 1 aromatic carbocycles. The zero-order valence-corrected chi connectivity index (χ0v) is 12.5. The van der Waals surface area contributed by atoms with Crippen LogP contribution in [0.3, 0.4) is 0 Å². The summed E-state index contributed by atoms with van der Waals surface area (Å²) in [5, 5.41) is 10.8. The number of hydrogen-bond donors (Lipinski definition) is 2. The Balaban J connectivity index is 1.97. The third-order valence-electron chi connectivity index (χ3n) is 2.54. The highest BCUT2D eigenvalue weighted by molar-refractivity contribution is 5.77. The normalized spacial score (nSPS) is 10.1. The lowest BCUT2D eigenvalue weighted by molar-refractivity contribution is -0.143. The number of rotatable bonds is 12. The van der Waals surface area contributed by atoms with Crippen molar-refractivity contribution in [2.75, 3.05) is 39.6 Å². The van der Waals surface area contributed by atoms with E-state index in [2.05, 4.69) is 10.1 Å². The predicted molar refractivity (Wildman–Crippen MR) is 79.6 cm³/mol. The molecule has 0 aliphatic heterocycles. The molecule has 0 saturated carbocycles. The highest BCUT2D eigenvalue weighted by Gasteiger charge is 2.03. The molecule has 23 heavy (non-hydrogen) atoms. The van der Waals surface area contributed by atoms with Crippen LogP contribution in [-0.4, -0.2) is 62.8 Å². The van der Waals surface area contributed by atoms with E-state index in [1.165, 1.54) is 0 Å². The highest BCUT2D eigenvalue weighted by atomic mass is 16.5. The van der Waals surface area contributed by atoms with E-state index in [-0.39, 0.29) is 6.61 Å². The van der Waals surface area contributed by atoms with E-state index in [0.717, 1.165) is 6.29 Å². The number of carbonyl (C=O) groups is 3. The molecule has 0 aromatic heterocycles. The molecule has 1 amide bonds. The Labute approximate surface area is 133 Å². The largest absolute Gasteiger partial charge is 0.491 e. The monoisotopic (exact) mass is 325 g/mol. The summed E-state index contributed by atoms with van der Waals surface area (Å²) in [6, 6.07) is 6.71. The Morgan fingerprint density at radius 3 is 2.43 bits per heavy atom. The molecule has 0 heterocycles. The molecule has 0 fully saturated rings. The minimum Gasteiger partial charge on any atom is -0.491 e. The van der Waals surface area contributed by atoms with Gasteiger partial charge in [-0.1, -0.05) is 0 Å². The number of benzene rings is 1. The molecule has 0 bridgehead atoms. The number of amides is 1. The summed E-state index contributed by atoms with van der Waals surface area (Å²) in [6.45, 7) is 0.486. The maximum Gasteiger partial charge on any atom is 0.329 e. The average Bonchev–Trinajstić information content (AvgIpc) is 2.54. The molecule has 0 atom stereocenters. The van der Waals surface area contributed by atoms with Crippen LogP contribution >= 0.6 is 0 Å². The molecule has 1 aromatic rings. The maximum absolute atomic E-state index is 11.2. The minimum atomic E-state index is -1.12. The second-order valence-corrected chi connectivity index (χ2v) is 4.38. The van der Waals surface area contributed by atoms with Crippen LogP contribution < -0.4 is 10.1 Å². The zero-order chi connectivity index (χ0) is 16.9. The molecular formula is C15H19NO7. The molecule has 2 N–H and O–H groups in total. The van der Waals surface area contributed by atoms with E-state index in [0.29, 0.717) is 37.7 Å². The SMILES string of the molecule is O=Cc1ccc(OCCOCCNC(=O)COCC(=O)O)cc1. The summed E-state index contributed by atoms with van der Waals surface area (Å²) < 4.78 is 15.3. The topological polar surface area (TPSA) is 111 Å². The van der Waals surface area contributed by atoms with Crippen molar-refractivity contribution >= 4 is 18.2 Å². The molecule has 0 saturated heterocycles. The Morgan fingerprint density at radius 1 is 1.04 bits per heavy atom. The molecule has 8 nitrogen and oxygen atoms in total. The summed E-state index contributed by atoms with van der Waals surface area (Å²) in [6.07, 6.45) is 0.758. The smallest absolute Gasteiger partial charge is 0.329 e. The molecule has 0 unspecified atom stereocenters. The first kappa shape index (κ1) is 18.6. The van der Waals surface area contributed by atoms with Gasteiger partial charge in [0.15, 0.2) is 0 Å². The van der Waals surface area contributed by atoms with Gasteiger partial charge in [0.25, 0.3) is 0 Å². The number of ether oxygens (including phenoxy) is 3. The Bertz CT molecular complexity index is 501. The molecular weight excluding hydrogens is 306 g/mol. The van der Waals surface area contributed by atoms with Gasteiger partial charge in [0.2, 0.25) is 5.91 Å².